The van der Waals surface area contributed by atoms with E-state index in [1.165, 1.54) is 18.1 Å². The molecule has 1 saturated carbocycles. The number of imide groups is 1. The highest BCUT2D eigenvalue weighted by molar-refractivity contribution is 6.31. The topological polar surface area (TPSA) is 88.2 Å². The summed E-state index contributed by atoms with van der Waals surface area (Å²) < 4.78 is 49.7. The van der Waals surface area contributed by atoms with E-state index in [4.69, 9.17) is 21.1 Å². The van der Waals surface area contributed by atoms with Gasteiger partial charge in [-0.05, 0) is 48.4 Å². The van der Waals surface area contributed by atoms with Crippen LogP contribution >= 0.6 is 11.6 Å². The Morgan fingerprint density at radius 1 is 1.21 bits per heavy atom. The first-order chi connectivity index (χ1) is 16.1. The highest BCUT2D eigenvalue weighted by Gasteiger charge is 2.59. The Bertz CT molecular complexity index is 1000. The van der Waals surface area contributed by atoms with Crippen molar-refractivity contribution < 1.29 is 37.0 Å². The molecule has 2 fully saturated rings. The Kier molecular flexibility index (Phi) is 6.80. The van der Waals surface area contributed by atoms with Crippen molar-refractivity contribution in [3.05, 3.63) is 33.8 Å². The molecule has 8 nitrogen and oxygen atoms in total. The van der Waals surface area contributed by atoms with Crippen molar-refractivity contribution in [2.45, 2.75) is 50.5 Å². The number of fused-ring (bicyclic) bond motifs is 1. The molecule has 12 heteroatoms. The minimum Gasteiger partial charge on any atom is -0.382 e. The fraction of sp³-hybridized carbons (Fsp3) is 0.591. The zero-order valence-electron chi connectivity index (χ0n) is 18.5. The van der Waals surface area contributed by atoms with Gasteiger partial charge >= 0.3 is 12.2 Å². The average Bonchev–Trinajstić information content (AvgIpc) is 3.49. The lowest BCUT2D eigenvalue weighted by molar-refractivity contribution is -0.138. The van der Waals surface area contributed by atoms with Crippen molar-refractivity contribution >= 4 is 29.4 Å². The number of alkyl halides is 3. The number of hydrogen-bond donors (Lipinski definition) is 1. The molecule has 1 N–H and O–H groups in total. The Morgan fingerprint density at radius 3 is 2.50 bits per heavy atom. The molecule has 0 spiro atoms. The van der Waals surface area contributed by atoms with Crippen molar-refractivity contribution in [3.63, 3.8) is 0 Å². The first-order valence-corrected chi connectivity index (χ1v) is 11.3. The number of carbonyl (C=O) groups excluding carboxylic acids is 3. The van der Waals surface area contributed by atoms with Gasteiger partial charge in [-0.3, -0.25) is 9.59 Å². The second-order valence-corrected chi connectivity index (χ2v) is 9.19. The Balaban J connectivity index is 1.40. The molecular formula is C22H25ClF3N3O5. The summed E-state index contributed by atoms with van der Waals surface area (Å²) in [5.74, 6) is -0.793. The van der Waals surface area contributed by atoms with Crippen LogP contribution in [0.2, 0.25) is 5.02 Å². The summed E-state index contributed by atoms with van der Waals surface area (Å²) in [4.78, 5) is 41.0. The number of amides is 4. The van der Waals surface area contributed by atoms with E-state index in [-0.39, 0.29) is 51.1 Å². The molecule has 4 amide bonds. The number of benzene rings is 1. The van der Waals surface area contributed by atoms with Crippen molar-refractivity contribution in [3.8, 4) is 0 Å². The molecule has 186 valence electrons. The maximum atomic E-state index is 13.2. The van der Waals surface area contributed by atoms with Crippen molar-refractivity contribution in [2.24, 2.45) is 5.92 Å². The van der Waals surface area contributed by atoms with E-state index in [2.05, 4.69) is 5.32 Å². The summed E-state index contributed by atoms with van der Waals surface area (Å²) in [5.41, 5.74) is -1.14. The first kappa shape index (κ1) is 24.7. The molecular weight excluding hydrogens is 479 g/mol. The Hall–Kier alpha value is -2.37. The maximum absolute atomic E-state index is 13.2. The Labute approximate surface area is 199 Å². The van der Waals surface area contributed by atoms with Gasteiger partial charge in [-0.1, -0.05) is 11.6 Å². The summed E-state index contributed by atoms with van der Waals surface area (Å²) in [5, 5.41) is 2.38. The highest BCUT2D eigenvalue weighted by Crippen LogP contribution is 2.46. The molecule has 1 aromatic rings. The number of hydrogen-bond acceptors (Lipinski definition) is 5. The average molecular weight is 504 g/mol. The van der Waals surface area contributed by atoms with Gasteiger partial charge in [0, 0.05) is 26.6 Å². The zero-order chi connectivity index (χ0) is 24.7. The maximum Gasteiger partial charge on any atom is 0.417 e. The van der Waals surface area contributed by atoms with E-state index in [0.717, 1.165) is 23.8 Å². The Morgan fingerprint density at radius 2 is 1.88 bits per heavy atom. The number of halogens is 4. The van der Waals surface area contributed by atoms with Crippen LogP contribution in [0, 0.1) is 5.92 Å². The number of urea groups is 1. The fourth-order valence-electron chi connectivity index (χ4n) is 4.56. The lowest BCUT2D eigenvalue weighted by Crippen LogP contribution is -2.50. The smallest absolute Gasteiger partial charge is 0.382 e. The van der Waals surface area contributed by atoms with E-state index in [1.54, 1.807) is 0 Å². The van der Waals surface area contributed by atoms with Gasteiger partial charge in [0.2, 0.25) is 5.91 Å². The third kappa shape index (κ3) is 4.73. The molecule has 2 heterocycles. The number of carbonyl (C=O) groups is 3. The molecule has 3 aliphatic rings. The highest BCUT2D eigenvalue weighted by atomic mass is 35.5. The normalized spacial score (nSPS) is 22.4. The van der Waals surface area contributed by atoms with Gasteiger partial charge in [0.05, 0.1) is 23.8 Å². The van der Waals surface area contributed by atoms with Crippen molar-refractivity contribution in [1.29, 1.82) is 0 Å². The van der Waals surface area contributed by atoms with E-state index in [9.17, 15) is 27.6 Å². The van der Waals surface area contributed by atoms with Crippen molar-refractivity contribution in [1.82, 2.24) is 15.1 Å². The van der Waals surface area contributed by atoms with Crippen LogP contribution in [0.4, 0.5) is 18.0 Å². The molecule has 1 atom stereocenters. The largest absolute Gasteiger partial charge is 0.417 e. The summed E-state index contributed by atoms with van der Waals surface area (Å²) in [6, 6.07) is 1.67. The number of nitrogens with zero attached hydrogens (tertiary/aromatic N) is 2. The molecule has 0 radical (unpaired) electrons. The number of methoxy groups -OCH3 is 1. The summed E-state index contributed by atoms with van der Waals surface area (Å²) in [6.45, 7) is 0.505. The fourth-order valence-corrected chi connectivity index (χ4v) is 4.86. The van der Waals surface area contributed by atoms with Gasteiger partial charge in [0.15, 0.2) is 0 Å². The van der Waals surface area contributed by atoms with Gasteiger partial charge in [-0.2, -0.15) is 13.2 Å². The molecule has 0 bridgehead atoms. The lowest BCUT2D eigenvalue weighted by atomic mass is 9.87. The second-order valence-electron chi connectivity index (χ2n) is 8.79. The van der Waals surface area contributed by atoms with Crippen molar-refractivity contribution in [2.75, 3.05) is 27.1 Å². The van der Waals surface area contributed by atoms with Gasteiger partial charge in [-0.15, -0.1) is 0 Å². The molecule has 1 unspecified atom stereocenters. The molecule has 34 heavy (non-hydrogen) atoms. The summed E-state index contributed by atoms with van der Waals surface area (Å²) in [7, 11) is 1.51. The quantitative estimate of drug-likeness (QED) is 0.413. The van der Waals surface area contributed by atoms with E-state index < -0.39 is 34.2 Å². The monoisotopic (exact) mass is 503 g/mol. The molecule has 1 aromatic carbocycles. The predicted octanol–water partition coefficient (Wildman–Crippen LogP) is 3.30. The second kappa shape index (κ2) is 9.35. The molecule has 2 aliphatic heterocycles. The van der Waals surface area contributed by atoms with Crippen LogP contribution in [0.5, 0.6) is 0 Å². The van der Waals surface area contributed by atoms with Crippen LogP contribution < -0.4 is 5.32 Å². The molecule has 1 aliphatic carbocycles. The summed E-state index contributed by atoms with van der Waals surface area (Å²) in [6.07, 6.45) is -2.99. The van der Waals surface area contributed by atoms with Gasteiger partial charge < -0.3 is 19.7 Å². The third-order valence-electron chi connectivity index (χ3n) is 6.53. The lowest BCUT2D eigenvalue weighted by Gasteiger charge is -2.27. The van der Waals surface area contributed by atoms with Gasteiger partial charge in [0.1, 0.15) is 12.3 Å². The number of ether oxygens (including phenoxy) is 2. The van der Waals surface area contributed by atoms with Crippen LogP contribution in [0.1, 0.15) is 42.4 Å². The van der Waals surface area contributed by atoms with Gasteiger partial charge in [-0.25, -0.2) is 9.69 Å². The first-order valence-electron chi connectivity index (χ1n) is 10.9. The number of rotatable bonds is 9. The third-order valence-corrected chi connectivity index (χ3v) is 6.84. The van der Waals surface area contributed by atoms with Gasteiger partial charge in [0.25, 0.3) is 5.91 Å². The molecule has 4 rings (SSSR count). The number of nitrogens with one attached hydrogen (secondary N) is 1. The van der Waals surface area contributed by atoms with Crippen LogP contribution in [0.3, 0.4) is 0 Å². The zero-order valence-corrected chi connectivity index (χ0v) is 19.3. The van der Waals surface area contributed by atoms with Crippen LogP contribution in [-0.2, 0) is 38.3 Å². The molecule has 1 saturated heterocycles. The van der Waals surface area contributed by atoms with E-state index >= 15 is 0 Å². The van der Waals surface area contributed by atoms with Crippen LogP contribution in [0.15, 0.2) is 12.1 Å². The summed E-state index contributed by atoms with van der Waals surface area (Å²) >= 11 is 5.80. The minimum absolute atomic E-state index is 0.0324. The van der Waals surface area contributed by atoms with E-state index in [0.29, 0.717) is 17.7 Å². The molecule has 0 aromatic heterocycles. The predicted molar refractivity (Wildman–Crippen MR) is 113 cm³/mol. The van der Waals surface area contributed by atoms with Crippen LogP contribution in [0.25, 0.3) is 0 Å². The SMILES string of the molecule is COCCOCN1C(=O)NC(CCC(=O)N2Cc3cc(Cl)c(C(F)(F)F)cc3C2)(C2CC2)C1=O. The van der Waals surface area contributed by atoms with Crippen LogP contribution in [-0.4, -0.2) is 60.2 Å². The van der Waals surface area contributed by atoms with E-state index in [1.807, 2.05) is 0 Å². The standard InChI is InChI=1S/C22H25ClF3N3O5/c1-33-6-7-34-12-29-19(31)21(15-2-3-15,27-20(29)32)5-4-18(30)28-10-13-8-16(22(24,25)26)17(23)9-14(13)11-28/h8-9,15H,2-7,10-12H2,1H3,(H,27,32). The minimum atomic E-state index is -4.58.